The summed E-state index contributed by atoms with van der Waals surface area (Å²) in [5.74, 6) is -0.383. The third-order valence-corrected chi connectivity index (χ3v) is 5.57. The third kappa shape index (κ3) is 3.84. The van der Waals surface area contributed by atoms with E-state index in [1.807, 2.05) is 0 Å². The Bertz CT molecular complexity index is 1210. The van der Waals surface area contributed by atoms with Crippen molar-refractivity contribution < 1.29 is 13.5 Å². The first-order valence-corrected chi connectivity index (χ1v) is 9.85. The van der Waals surface area contributed by atoms with Crippen molar-refractivity contribution in [2.75, 3.05) is 7.05 Å². The van der Waals surface area contributed by atoms with Crippen molar-refractivity contribution in [1.82, 2.24) is 14.5 Å². The maximum atomic E-state index is 12.6. The van der Waals surface area contributed by atoms with Crippen LogP contribution in [0.5, 0.6) is 5.75 Å². The second-order valence-corrected chi connectivity index (χ2v) is 8.08. The summed E-state index contributed by atoms with van der Waals surface area (Å²) in [4.78, 5) is 12.5. The van der Waals surface area contributed by atoms with Gasteiger partial charge in [0, 0.05) is 11.1 Å². The number of aryl methyl sites for hydroxylation is 1. The van der Waals surface area contributed by atoms with Gasteiger partial charge in [-0.3, -0.25) is 9.89 Å². The molecular weight excluding hydrogens is 406 g/mol. The highest BCUT2D eigenvalue weighted by Crippen LogP contribution is 2.30. The minimum absolute atomic E-state index is 0.0214. The van der Waals surface area contributed by atoms with Gasteiger partial charge >= 0.3 is 0 Å². The second kappa shape index (κ2) is 7.58. The van der Waals surface area contributed by atoms with Gasteiger partial charge in [-0.05, 0) is 50.4 Å². The predicted octanol–water partition coefficient (Wildman–Crippen LogP) is 3.16. The van der Waals surface area contributed by atoms with Gasteiger partial charge in [0.05, 0.1) is 16.3 Å². The summed E-state index contributed by atoms with van der Waals surface area (Å²) in [6, 6.07) is 10.3. The summed E-state index contributed by atoms with van der Waals surface area (Å²) < 4.78 is 27.0. The van der Waals surface area contributed by atoms with Crippen LogP contribution in [0.2, 0.25) is 5.02 Å². The number of rotatable bonds is 5. The molecule has 0 amide bonds. The molecule has 0 spiro atoms. The zero-order chi connectivity index (χ0) is 20.5. The molecule has 0 unspecified atom stereocenters. The number of benzene rings is 2. The lowest BCUT2D eigenvalue weighted by Crippen LogP contribution is -2.18. The normalized spacial score (nSPS) is 12.0. The molecule has 28 heavy (non-hydrogen) atoms. The van der Waals surface area contributed by atoms with E-state index in [1.54, 1.807) is 31.2 Å². The van der Waals surface area contributed by atoms with Gasteiger partial charge < -0.3 is 5.11 Å². The number of H-pyrrole nitrogens is 1. The van der Waals surface area contributed by atoms with Gasteiger partial charge in [-0.25, -0.2) is 17.8 Å². The van der Waals surface area contributed by atoms with Gasteiger partial charge in [0.25, 0.3) is 5.56 Å². The highest BCUT2D eigenvalue weighted by molar-refractivity contribution is 7.89. The molecule has 3 N–H and O–H groups in total. The molecular formula is C17H16ClN5O4S. The molecule has 0 aliphatic carbocycles. The number of aromatic hydroxyl groups is 1. The summed E-state index contributed by atoms with van der Waals surface area (Å²) in [7, 11) is -2.43. The summed E-state index contributed by atoms with van der Waals surface area (Å²) in [5.41, 5.74) is 0.688. The van der Waals surface area contributed by atoms with Gasteiger partial charge in [0.15, 0.2) is 5.69 Å². The van der Waals surface area contributed by atoms with Crippen LogP contribution in [0.1, 0.15) is 5.69 Å². The van der Waals surface area contributed by atoms with E-state index in [4.69, 9.17) is 11.6 Å². The summed E-state index contributed by atoms with van der Waals surface area (Å²) >= 11 is 5.86. The minimum atomic E-state index is -3.70. The number of nitrogens with one attached hydrogen (secondary N) is 2. The molecule has 0 fully saturated rings. The van der Waals surface area contributed by atoms with Gasteiger partial charge in [0.2, 0.25) is 10.0 Å². The lowest BCUT2D eigenvalue weighted by molar-refractivity contribution is 0.474. The second-order valence-electron chi connectivity index (χ2n) is 5.76. The average molecular weight is 422 g/mol. The van der Waals surface area contributed by atoms with Crippen LogP contribution in [-0.4, -0.2) is 30.4 Å². The van der Waals surface area contributed by atoms with E-state index in [1.165, 1.54) is 23.9 Å². The van der Waals surface area contributed by atoms with Crippen LogP contribution in [-0.2, 0) is 10.0 Å². The monoisotopic (exact) mass is 421 g/mol. The van der Waals surface area contributed by atoms with Crippen molar-refractivity contribution in [1.29, 1.82) is 0 Å². The lowest BCUT2D eigenvalue weighted by Gasteiger charge is -2.04. The van der Waals surface area contributed by atoms with Crippen molar-refractivity contribution in [2.45, 2.75) is 11.8 Å². The van der Waals surface area contributed by atoms with Crippen LogP contribution in [0.15, 0.2) is 62.4 Å². The number of nitrogens with zero attached hydrogens (tertiary/aromatic N) is 3. The molecule has 0 aliphatic heterocycles. The average Bonchev–Trinajstić information content (AvgIpc) is 2.95. The standard InChI is InChI=1S/C17H16ClN5O4S/c1-10-16(17(25)23(22-10)12-5-3-11(18)4-6-12)21-20-14-8-7-13(9-15(14)24)28(26,27)19-2/h3-9,19,22,24H,1-2H3. The first-order chi connectivity index (χ1) is 13.2. The number of azo groups is 1. The number of hydrogen-bond donors (Lipinski definition) is 3. The van der Waals surface area contributed by atoms with Crippen molar-refractivity contribution in [3.05, 3.63) is 63.5 Å². The Hall–Kier alpha value is -2.95. The number of halogens is 1. The molecule has 1 heterocycles. The molecule has 0 aliphatic rings. The Kier molecular flexibility index (Phi) is 5.36. The molecule has 3 rings (SSSR count). The number of sulfonamides is 1. The quantitative estimate of drug-likeness (QED) is 0.546. The highest BCUT2D eigenvalue weighted by Gasteiger charge is 2.15. The molecule has 0 saturated carbocycles. The van der Waals surface area contributed by atoms with E-state index in [2.05, 4.69) is 20.0 Å². The SMILES string of the molecule is CNS(=O)(=O)c1ccc(N=Nc2c(C)[nH]n(-c3ccc(Cl)cc3)c2=O)c(O)c1. The molecule has 146 valence electrons. The molecule has 0 saturated heterocycles. The molecule has 0 bridgehead atoms. The van der Waals surface area contributed by atoms with Crippen LogP contribution in [0.25, 0.3) is 5.69 Å². The molecule has 2 aromatic carbocycles. The Morgan fingerprint density at radius 1 is 1.14 bits per heavy atom. The zero-order valence-electron chi connectivity index (χ0n) is 14.8. The lowest BCUT2D eigenvalue weighted by atomic mass is 10.3. The first-order valence-electron chi connectivity index (χ1n) is 7.99. The third-order valence-electron chi connectivity index (χ3n) is 3.91. The van der Waals surface area contributed by atoms with Gasteiger partial charge in [-0.2, -0.15) is 0 Å². The molecule has 3 aromatic rings. The van der Waals surface area contributed by atoms with Gasteiger partial charge in [-0.15, -0.1) is 10.2 Å². The summed E-state index contributed by atoms with van der Waals surface area (Å²) in [6.07, 6.45) is 0. The van der Waals surface area contributed by atoms with Crippen molar-refractivity contribution in [3.8, 4) is 11.4 Å². The molecule has 9 nitrogen and oxygen atoms in total. The number of phenols is 1. The Balaban J connectivity index is 1.95. The van der Waals surface area contributed by atoms with Crippen molar-refractivity contribution in [2.24, 2.45) is 10.2 Å². The van der Waals surface area contributed by atoms with Crippen molar-refractivity contribution in [3.63, 3.8) is 0 Å². The number of aromatic amines is 1. The van der Waals surface area contributed by atoms with Crippen LogP contribution in [0.4, 0.5) is 11.4 Å². The maximum absolute atomic E-state index is 12.6. The zero-order valence-corrected chi connectivity index (χ0v) is 16.4. The summed E-state index contributed by atoms with van der Waals surface area (Å²) in [5, 5.41) is 21.3. The Morgan fingerprint density at radius 3 is 2.43 bits per heavy atom. The first kappa shape index (κ1) is 19.8. The Labute approximate surface area is 165 Å². The summed E-state index contributed by atoms with van der Waals surface area (Å²) in [6.45, 7) is 1.66. The van der Waals surface area contributed by atoms with Crippen LogP contribution < -0.4 is 10.3 Å². The van der Waals surface area contributed by atoms with E-state index >= 15 is 0 Å². The molecule has 0 radical (unpaired) electrons. The van der Waals surface area contributed by atoms with Crippen LogP contribution in [0, 0.1) is 6.92 Å². The van der Waals surface area contributed by atoms with E-state index < -0.39 is 15.6 Å². The number of phenolic OH excluding ortho intramolecular Hbond substituents is 1. The predicted molar refractivity (Wildman–Crippen MR) is 105 cm³/mol. The largest absolute Gasteiger partial charge is 0.506 e. The highest BCUT2D eigenvalue weighted by atomic mass is 35.5. The fourth-order valence-electron chi connectivity index (χ4n) is 2.40. The fourth-order valence-corrected chi connectivity index (χ4v) is 3.28. The maximum Gasteiger partial charge on any atom is 0.299 e. The van der Waals surface area contributed by atoms with E-state index in [0.29, 0.717) is 16.4 Å². The van der Waals surface area contributed by atoms with Crippen molar-refractivity contribution >= 4 is 33.0 Å². The molecule has 0 atom stereocenters. The van der Waals surface area contributed by atoms with E-state index in [9.17, 15) is 18.3 Å². The number of hydrogen-bond acceptors (Lipinski definition) is 6. The van der Waals surface area contributed by atoms with Crippen LogP contribution in [0.3, 0.4) is 0 Å². The minimum Gasteiger partial charge on any atom is -0.506 e. The van der Waals surface area contributed by atoms with E-state index in [0.717, 1.165) is 6.07 Å². The van der Waals surface area contributed by atoms with Gasteiger partial charge in [0.1, 0.15) is 11.4 Å². The van der Waals surface area contributed by atoms with E-state index in [-0.39, 0.29) is 22.0 Å². The number of aromatic nitrogens is 2. The topological polar surface area (TPSA) is 129 Å². The molecule has 11 heteroatoms. The Morgan fingerprint density at radius 2 is 1.82 bits per heavy atom. The van der Waals surface area contributed by atoms with Gasteiger partial charge in [-0.1, -0.05) is 11.6 Å². The smallest absolute Gasteiger partial charge is 0.299 e. The molecule has 1 aromatic heterocycles. The fraction of sp³-hybridized carbons (Fsp3) is 0.118. The van der Waals surface area contributed by atoms with Crippen LogP contribution >= 0.6 is 11.6 Å².